The molecule has 0 bridgehead atoms. The Labute approximate surface area is 80.5 Å². The Bertz CT molecular complexity index is 289. The molecule has 1 aromatic rings. The fourth-order valence-electron chi connectivity index (χ4n) is 0.908. The largest absolute Gasteiger partial charge is 0.316 e. The molecule has 0 amide bonds. The SMILES string of the molecule is CNCc1c(Cl)ccc(Cl)c1F. The zero-order valence-corrected chi connectivity index (χ0v) is 8.01. The highest BCUT2D eigenvalue weighted by Crippen LogP contribution is 2.24. The highest BCUT2D eigenvalue weighted by molar-refractivity contribution is 6.33. The molecule has 1 rings (SSSR count). The summed E-state index contributed by atoms with van der Waals surface area (Å²) in [7, 11) is 1.72. The lowest BCUT2D eigenvalue weighted by molar-refractivity contribution is 0.601. The predicted octanol–water partition coefficient (Wildman–Crippen LogP) is 2.85. The van der Waals surface area contributed by atoms with Gasteiger partial charge < -0.3 is 5.32 Å². The molecule has 66 valence electrons. The Kier molecular flexibility index (Phi) is 3.32. The predicted molar refractivity (Wildman–Crippen MR) is 49.2 cm³/mol. The van der Waals surface area contributed by atoms with E-state index in [4.69, 9.17) is 23.2 Å². The minimum absolute atomic E-state index is 0.102. The molecular weight excluding hydrogens is 200 g/mol. The highest BCUT2D eigenvalue weighted by atomic mass is 35.5. The van der Waals surface area contributed by atoms with Gasteiger partial charge in [-0.05, 0) is 19.2 Å². The van der Waals surface area contributed by atoms with Gasteiger partial charge in [-0.15, -0.1) is 0 Å². The van der Waals surface area contributed by atoms with Gasteiger partial charge in [0.1, 0.15) is 5.82 Å². The van der Waals surface area contributed by atoms with Crippen LogP contribution in [0.4, 0.5) is 4.39 Å². The molecule has 1 nitrogen and oxygen atoms in total. The van der Waals surface area contributed by atoms with Crippen LogP contribution in [0.3, 0.4) is 0 Å². The van der Waals surface area contributed by atoms with Crippen LogP contribution < -0.4 is 5.32 Å². The van der Waals surface area contributed by atoms with Gasteiger partial charge >= 0.3 is 0 Å². The smallest absolute Gasteiger partial charge is 0.147 e. The minimum Gasteiger partial charge on any atom is -0.316 e. The lowest BCUT2D eigenvalue weighted by Gasteiger charge is -2.05. The molecule has 1 N–H and O–H groups in total. The summed E-state index contributed by atoms with van der Waals surface area (Å²) in [5.74, 6) is -0.446. The van der Waals surface area contributed by atoms with Gasteiger partial charge in [0.2, 0.25) is 0 Å². The van der Waals surface area contributed by atoms with Crippen molar-refractivity contribution in [1.82, 2.24) is 5.32 Å². The molecule has 0 aliphatic heterocycles. The maximum Gasteiger partial charge on any atom is 0.147 e. The van der Waals surface area contributed by atoms with E-state index in [9.17, 15) is 4.39 Å². The molecule has 0 heterocycles. The van der Waals surface area contributed by atoms with Gasteiger partial charge in [0, 0.05) is 17.1 Å². The summed E-state index contributed by atoms with van der Waals surface area (Å²) in [6.07, 6.45) is 0. The fraction of sp³-hybridized carbons (Fsp3) is 0.250. The van der Waals surface area contributed by atoms with Crippen molar-refractivity contribution in [2.75, 3.05) is 7.05 Å². The maximum atomic E-state index is 13.2. The normalized spacial score (nSPS) is 10.3. The molecule has 1 aromatic carbocycles. The lowest BCUT2D eigenvalue weighted by atomic mass is 10.2. The van der Waals surface area contributed by atoms with Gasteiger partial charge in [-0.2, -0.15) is 0 Å². The monoisotopic (exact) mass is 207 g/mol. The fourth-order valence-corrected chi connectivity index (χ4v) is 1.30. The third kappa shape index (κ3) is 1.89. The summed E-state index contributed by atoms with van der Waals surface area (Å²) < 4.78 is 13.2. The quantitative estimate of drug-likeness (QED) is 0.736. The first-order chi connectivity index (χ1) is 5.66. The van der Waals surface area contributed by atoms with Crippen LogP contribution in [-0.2, 0) is 6.54 Å². The summed E-state index contributed by atoms with van der Waals surface area (Å²) >= 11 is 11.3. The van der Waals surface area contributed by atoms with Crippen LogP contribution in [0.15, 0.2) is 12.1 Å². The number of nitrogens with one attached hydrogen (secondary N) is 1. The Hall–Kier alpha value is -0.310. The van der Waals surface area contributed by atoms with E-state index in [-0.39, 0.29) is 5.02 Å². The van der Waals surface area contributed by atoms with Crippen LogP contribution in [0.1, 0.15) is 5.56 Å². The van der Waals surface area contributed by atoms with E-state index in [0.717, 1.165) is 0 Å². The summed E-state index contributed by atoms with van der Waals surface area (Å²) in [6, 6.07) is 3.03. The molecule has 0 unspecified atom stereocenters. The summed E-state index contributed by atoms with van der Waals surface area (Å²) in [5, 5.41) is 3.31. The van der Waals surface area contributed by atoms with E-state index in [2.05, 4.69) is 5.32 Å². The van der Waals surface area contributed by atoms with E-state index in [1.165, 1.54) is 6.07 Å². The van der Waals surface area contributed by atoms with Crippen molar-refractivity contribution in [2.45, 2.75) is 6.54 Å². The zero-order chi connectivity index (χ0) is 9.14. The third-order valence-corrected chi connectivity index (χ3v) is 2.14. The molecule has 0 saturated heterocycles. The highest BCUT2D eigenvalue weighted by Gasteiger charge is 2.09. The average molecular weight is 208 g/mol. The second kappa shape index (κ2) is 4.08. The summed E-state index contributed by atoms with van der Waals surface area (Å²) in [5.41, 5.74) is 0.409. The Morgan fingerprint density at radius 1 is 1.33 bits per heavy atom. The standard InChI is InChI=1S/C8H8Cl2FN/c1-12-4-5-6(9)2-3-7(10)8(5)11/h2-3,12H,4H2,1H3. The van der Waals surface area contributed by atoms with Gasteiger partial charge in [-0.1, -0.05) is 23.2 Å². The molecule has 0 atom stereocenters. The molecule has 4 heteroatoms. The average Bonchev–Trinajstić information content (AvgIpc) is 2.06. The molecule has 0 aliphatic rings. The Morgan fingerprint density at radius 3 is 2.50 bits per heavy atom. The first-order valence-corrected chi connectivity index (χ1v) is 4.19. The van der Waals surface area contributed by atoms with Crippen molar-refractivity contribution in [1.29, 1.82) is 0 Å². The zero-order valence-electron chi connectivity index (χ0n) is 6.50. The van der Waals surface area contributed by atoms with E-state index >= 15 is 0 Å². The topological polar surface area (TPSA) is 12.0 Å². The van der Waals surface area contributed by atoms with Crippen LogP contribution in [0.5, 0.6) is 0 Å². The van der Waals surface area contributed by atoms with Crippen molar-refractivity contribution in [2.24, 2.45) is 0 Å². The van der Waals surface area contributed by atoms with E-state index in [1.54, 1.807) is 13.1 Å². The van der Waals surface area contributed by atoms with Crippen molar-refractivity contribution >= 4 is 23.2 Å². The van der Waals surface area contributed by atoms with Crippen molar-refractivity contribution in [3.8, 4) is 0 Å². The summed E-state index contributed by atoms with van der Waals surface area (Å²) in [6.45, 7) is 0.380. The first kappa shape index (κ1) is 9.78. The second-order valence-corrected chi connectivity index (χ2v) is 3.17. The van der Waals surface area contributed by atoms with Crippen LogP contribution >= 0.6 is 23.2 Å². The van der Waals surface area contributed by atoms with Gasteiger partial charge in [0.25, 0.3) is 0 Å². The van der Waals surface area contributed by atoms with Crippen LogP contribution in [0.2, 0.25) is 10.0 Å². The second-order valence-electron chi connectivity index (χ2n) is 2.35. The van der Waals surface area contributed by atoms with E-state index < -0.39 is 5.82 Å². The molecule has 0 radical (unpaired) electrons. The number of hydrogen-bond acceptors (Lipinski definition) is 1. The van der Waals surface area contributed by atoms with Crippen molar-refractivity contribution in [3.63, 3.8) is 0 Å². The van der Waals surface area contributed by atoms with Crippen LogP contribution in [0, 0.1) is 5.82 Å². The van der Waals surface area contributed by atoms with Gasteiger partial charge in [-0.25, -0.2) is 4.39 Å². The van der Waals surface area contributed by atoms with Crippen molar-refractivity contribution in [3.05, 3.63) is 33.6 Å². The molecule has 0 spiro atoms. The Balaban J connectivity index is 3.14. The molecule has 0 aromatic heterocycles. The van der Waals surface area contributed by atoms with Gasteiger partial charge in [0.05, 0.1) is 5.02 Å². The van der Waals surface area contributed by atoms with Crippen LogP contribution in [-0.4, -0.2) is 7.05 Å². The summed E-state index contributed by atoms with van der Waals surface area (Å²) in [4.78, 5) is 0. The first-order valence-electron chi connectivity index (χ1n) is 3.43. The lowest BCUT2D eigenvalue weighted by Crippen LogP contribution is -2.07. The number of rotatable bonds is 2. The maximum absolute atomic E-state index is 13.2. The molecular formula is C8H8Cl2FN. The van der Waals surface area contributed by atoms with E-state index in [1.807, 2.05) is 0 Å². The molecule has 0 fully saturated rings. The minimum atomic E-state index is -0.446. The molecule has 12 heavy (non-hydrogen) atoms. The van der Waals surface area contributed by atoms with Gasteiger partial charge in [-0.3, -0.25) is 0 Å². The molecule has 0 saturated carbocycles. The number of halogens is 3. The number of benzene rings is 1. The van der Waals surface area contributed by atoms with Crippen LogP contribution in [0.25, 0.3) is 0 Å². The third-order valence-electron chi connectivity index (χ3n) is 1.49. The van der Waals surface area contributed by atoms with Gasteiger partial charge in [0.15, 0.2) is 0 Å². The Morgan fingerprint density at radius 2 is 1.92 bits per heavy atom. The number of hydrogen-bond donors (Lipinski definition) is 1. The van der Waals surface area contributed by atoms with E-state index in [0.29, 0.717) is 17.1 Å². The van der Waals surface area contributed by atoms with Crippen molar-refractivity contribution < 1.29 is 4.39 Å². The molecule has 0 aliphatic carbocycles.